The van der Waals surface area contributed by atoms with Crippen LogP contribution in [0.3, 0.4) is 0 Å². The fourth-order valence-electron chi connectivity index (χ4n) is 0.900. The zero-order valence-corrected chi connectivity index (χ0v) is 7.23. The molecule has 1 heterocycles. The van der Waals surface area contributed by atoms with Gasteiger partial charge in [-0.15, -0.1) is 0 Å². The first-order valence-corrected chi connectivity index (χ1v) is 4.30. The number of nitrogens with zero attached hydrogens (tertiary/aromatic N) is 1. The third-order valence-electron chi connectivity index (χ3n) is 1.70. The molecular formula is C6H12BrNO. The summed E-state index contributed by atoms with van der Waals surface area (Å²) in [5.74, 6) is 0. The minimum absolute atomic E-state index is 0.582. The summed E-state index contributed by atoms with van der Waals surface area (Å²) in [6, 6.07) is 0.582. The van der Waals surface area contributed by atoms with Gasteiger partial charge in [-0.1, -0.05) is 15.9 Å². The number of morpholine rings is 1. The van der Waals surface area contributed by atoms with Crippen LogP contribution in [-0.2, 0) is 4.74 Å². The van der Waals surface area contributed by atoms with E-state index in [1.807, 2.05) is 0 Å². The molecule has 2 nitrogen and oxygen atoms in total. The third kappa shape index (κ3) is 1.92. The molecule has 1 aliphatic heterocycles. The molecule has 1 aliphatic rings. The summed E-state index contributed by atoms with van der Waals surface area (Å²) in [6.07, 6.45) is 0. The molecule has 54 valence electrons. The Morgan fingerprint density at radius 2 is 2.56 bits per heavy atom. The summed E-state index contributed by atoms with van der Waals surface area (Å²) in [6.45, 7) is 2.83. The predicted octanol–water partition coefficient (Wildman–Crippen LogP) is 0.712. The monoisotopic (exact) mass is 193 g/mol. The molecule has 0 aromatic rings. The summed E-state index contributed by atoms with van der Waals surface area (Å²) in [5.41, 5.74) is 0. The van der Waals surface area contributed by atoms with Gasteiger partial charge in [0.05, 0.1) is 13.2 Å². The van der Waals surface area contributed by atoms with E-state index in [0.717, 1.165) is 25.1 Å². The van der Waals surface area contributed by atoms with Crippen LogP contribution in [0.2, 0.25) is 0 Å². The lowest BCUT2D eigenvalue weighted by molar-refractivity contribution is 0.0153. The molecule has 1 saturated heterocycles. The molecule has 0 amide bonds. The summed E-state index contributed by atoms with van der Waals surface area (Å²) in [4.78, 5) is 2.32. The van der Waals surface area contributed by atoms with E-state index in [2.05, 4.69) is 27.9 Å². The second-order valence-corrected chi connectivity index (χ2v) is 3.01. The van der Waals surface area contributed by atoms with Gasteiger partial charge in [-0.05, 0) is 7.05 Å². The van der Waals surface area contributed by atoms with Crippen molar-refractivity contribution in [3.8, 4) is 0 Å². The van der Waals surface area contributed by atoms with Crippen molar-refractivity contribution in [1.82, 2.24) is 4.90 Å². The Labute approximate surface area is 64.3 Å². The van der Waals surface area contributed by atoms with Gasteiger partial charge in [0.1, 0.15) is 0 Å². The molecule has 1 fully saturated rings. The van der Waals surface area contributed by atoms with E-state index in [0.29, 0.717) is 6.04 Å². The molecule has 0 aromatic carbocycles. The van der Waals surface area contributed by atoms with E-state index in [4.69, 9.17) is 4.74 Å². The molecule has 1 rings (SSSR count). The molecule has 0 aliphatic carbocycles. The number of ether oxygens (including phenoxy) is 1. The van der Waals surface area contributed by atoms with Crippen molar-refractivity contribution in [1.29, 1.82) is 0 Å². The molecule has 0 spiro atoms. The van der Waals surface area contributed by atoms with E-state index in [-0.39, 0.29) is 0 Å². The largest absolute Gasteiger partial charge is 0.378 e. The van der Waals surface area contributed by atoms with Crippen LogP contribution in [0, 0.1) is 0 Å². The molecule has 0 radical (unpaired) electrons. The number of likely N-dealkylation sites (N-methyl/N-ethyl adjacent to an activating group) is 1. The smallest absolute Gasteiger partial charge is 0.0630 e. The highest BCUT2D eigenvalue weighted by Crippen LogP contribution is 2.05. The van der Waals surface area contributed by atoms with E-state index >= 15 is 0 Å². The standard InChI is InChI=1S/C6H12BrNO/c1-8-2-3-9-5-6(8)4-7/h6H,2-5H2,1H3/t6-/m1/s1. The second-order valence-electron chi connectivity index (χ2n) is 2.36. The predicted molar refractivity (Wildman–Crippen MR) is 41.0 cm³/mol. The van der Waals surface area contributed by atoms with Gasteiger partial charge < -0.3 is 4.74 Å². The zero-order valence-electron chi connectivity index (χ0n) is 5.64. The van der Waals surface area contributed by atoms with Crippen LogP contribution in [0.4, 0.5) is 0 Å². The van der Waals surface area contributed by atoms with Crippen molar-refractivity contribution < 1.29 is 4.74 Å². The van der Waals surface area contributed by atoms with Crippen LogP contribution >= 0.6 is 15.9 Å². The maximum atomic E-state index is 5.27. The maximum absolute atomic E-state index is 5.27. The topological polar surface area (TPSA) is 12.5 Å². The number of hydrogen-bond donors (Lipinski definition) is 0. The summed E-state index contributed by atoms with van der Waals surface area (Å²) >= 11 is 3.43. The first-order valence-electron chi connectivity index (χ1n) is 3.18. The quantitative estimate of drug-likeness (QED) is 0.570. The average Bonchev–Trinajstić information content (AvgIpc) is 1.89. The van der Waals surface area contributed by atoms with Crippen molar-refractivity contribution in [2.24, 2.45) is 0 Å². The van der Waals surface area contributed by atoms with Crippen LogP contribution < -0.4 is 0 Å². The van der Waals surface area contributed by atoms with Crippen molar-refractivity contribution in [3.63, 3.8) is 0 Å². The van der Waals surface area contributed by atoms with Crippen LogP contribution in [0.5, 0.6) is 0 Å². The van der Waals surface area contributed by atoms with E-state index in [9.17, 15) is 0 Å². The Morgan fingerprint density at radius 3 is 3.00 bits per heavy atom. The summed E-state index contributed by atoms with van der Waals surface area (Å²) in [5, 5.41) is 1.02. The fourth-order valence-corrected chi connectivity index (χ4v) is 1.58. The molecule has 0 N–H and O–H groups in total. The average molecular weight is 194 g/mol. The van der Waals surface area contributed by atoms with Crippen molar-refractivity contribution in [2.75, 3.05) is 32.1 Å². The van der Waals surface area contributed by atoms with Gasteiger partial charge in [-0.25, -0.2) is 0 Å². The Balaban J connectivity index is 2.30. The maximum Gasteiger partial charge on any atom is 0.0630 e. The van der Waals surface area contributed by atoms with Gasteiger partial charge in [0.15, 0.2) is 0 Å². The highest BCUT2D eigenvalue weighted by Gasteiger charge is 2.16. The third-order valence-corrected chi connectivity index (χ3v) is 2.45. The SMILES string of the molecule is CN1CCOC[C@H]1CBr. The van der Waals surface area contributed by atoms with Crippen LogP contribution in [-0.4, -0.2) is 43.1 Å². The van der Waals surface area contributed by atoms with Crippen LogP contribution in [0.15, 0.2) is 0 Å². The fraction of sp³-hybridized carbons (Fsp3) is 1.00. The number of alkyl halides is 1. The Morgan fingerprint density at radius 1 is 1.78 bits per heavy atom. The first-order chi connectivity index (χ1) is 4.34. The molecule has 0 saturated carbocycles. The Bertz CT molecular complexity index is 89.1. The van der Waals surface area contributed by atoms with E-state index in [1.165, 1.54) is 0 Å². The highest BCUT2D eigenvalue weighted by atomic mass is 79.9. The molecular weight excluding hydrogens is 182 g/mol. The lowest BCUT2D eigenvalue weighted by Crippen LogP contribution is -2.43. The minimum Gasteiger partial charge on any atom is -0.378 e. The minimum atomic E-state index is 0.582. The molecule has 1 atom stereocenters. The number of halogens is 1. The highest BCUT2D eigenvalue weighted by molar-refractivity contribution is 9.09. The number of hydrogen-bond acceptors (Lipinski definition) is 2. The van der Waals surface area contributed by atoms with Gasteiger partial charge in [0.25, 0.3) is 0 Å². The van der Waals surface area contributed by atoms with Crippen LogP contribution in [0.1, 0.15) is 0 Å². The van der Waals surface area contributed by atoms with Gasteiger partial charge in [-0.2, -0.15) is 0 Å². The van der Waals surface area contributed by atoms with Gasteiger partial charge in [0, 0.05) is 17.9 Å². The van der Waals surface area contributed by atoms with Crippen molar-refractivity contribution in [2.45, 2.75) is 6.04 Å². The molecule has 9 heavy (non-hydrogen) atoms. The van der Waals surface area contributed by atoms with Gasteiger partial charge in [0.2, 0.25) is 0 Å². The normalized spacial score (nSPS) is 30.7. The summed E-state index contributed by atoms with van der Waals surface area (Å²) in [7, 11) is 2.13. The zero-order chi connectivity index (χ0) is 6.69. The lowest BCUT2D eigenvalue weighted by atomic mass is 10.3. The van der Waals surface area contributed by atoms with E-state index < -0.39 is 0 Å². The molecule has 3 heteroatoms. The first kappa shape index (κ1) is 7.51. The van der Waals surface area contributed by atoms with Crippen molar-refractivity contribution >= 4 is 15.9 Å². The second kappa shape index (κ2) is 3.54. The van der Waals surface area contributed by atoms with Crippen LogP contribution in [0.25, 0.3) is 0 Å². The van der Waals surface area contributed by atoms with E-state index in [1.54, 1.807) is 0 Å². The summed E-state index contributed by atoms with van der Waals surface area (Å²) < 4.78 is 5.27. The molecule has 0 unspecified atom stereocenters. The Kier molecular flexibility index (Phi) is 2.95. The lowest BCUT2D eigenvalue weighted by Gasteiger charge is -2.30. The van der Waals surface area contributed by atoms with Gasteiger partial charge in [-0.3, -0.25) is 4.90 Å². The molecule has 0 bridgehead atoms. The number of rotatable bonds is 1. The Hall–Kier alpha value is 0.400. The molecule has 0 aromatic heterocycles. The van der Waals surface area contributed by atoms with Gasteiger partial charge >= 0.3 is 0 Å². The van der Waals surface area contributed by atoms with Crippen molar-refractivity contribution in [3.05, 3.63) is 0 Å².